The maximum atomic E-state index is 12.0. The monoisotopic (exact) mass is 355 g/mol. The van der Waals surface area contributed by atoms with Gasteiger partial charge in [0.2, 0.25) is 10.0 Å². The zero-order chi connectivity index (χ0) is 17.7. The fraction of sp³-hybridized carbons (Fsp3) is 0.467. The molecule has 0 radical (unpaired) electrons. The first-order valence-corrected chi connectivity index (χ1v) is 9.36. The van der Waals surface area contributed by atoms with Gasteiger partial charge in [0, 0.05) is 12.6 Å². The number of hydrogen-bond donors (Lipinski definition) is 2. The molecule has 9 heteroatoms. The molecule has 0 aliphatic heterocycles. The summed E-state index contributed by atoms with van der Waals surface area (Å²) >= 11 is 0. The van der Waals surface area contributed by atoms with Gasteiger partial charge in [0.1, 0.15) is 0 Å². The molecule has 0 spiro atoms. The molecule has 1 aliphatic carbocycles. The summed E-state index contributed by atoms with van der Waals surface area (Å²) in [5.41, 5.74) is 0.742. The minimum atomic E-state index is -3.52. The molecule has 1 saturated carbocycles. The number of urea groups is 1. The first kappa shape index (κ1) is 18.1. The van der Waals surface area contributed by atoms with E-state index in [1.165, 1.54) is 35.7 Å². The first-order valence-electron chi connectivity index (χ1n) is 7.51. The Morgan fingerprint density at radius 2 is 1.88 bits per heavy atom. The Hall–Kier alpha value is -2.29. The molecule has 0 saturated heterocycles. The van der Waals surface area contributed by atoms with Gasteiger partial charge in [0.15, 0.2) is 0 Å². The van der Waals surface area contributed by atoms with Crippen molar-refractivity contribution < 1.29 is 22.7 Å². The van der Waals surface area contributed by atoms with Crippen LogP contribution in [-0.4, -0.2) is 52.9 Å². The standard InChI is InChI=1S/C15H21N3O5S/c1-23-14(19)11-3-7-13(8-4-11)18(24(2,21)22)10-9-16-15(20)17-12-5-6-12/h3-4,7-8,12H,5-6,9-10H2,1-2H3,(H2,16,17,20). The van der Waals surface area contributed by atoms with Gasteiger partial charge in [0.05, 0.1) is 31.2 Å². The van der Waals surface area contributed by atoms with E-state index in [1.54, 1.807) is 0 Å². The van der Waals surface area contributed by atoms with Crippen molar-refractivity contribution in [3.8, 4) is 0 Å². The average molecular weight is 355 g/mol. The third-order valence-corrected chi connectivity index (χ3v) is 4.68. The van der Waals surface area contributed by atoms with Crippen LogP contribution in [0.1, 0.15) is 23.2 Å². The number of anilines is 1. The van der Waals surface area contributed by atoms with Crippen molar-refractivity contribution in [3.05, 3.63) is 29.8 Å². The molecule has 8 nitrogen and oxygen atoms in total. The van der Waals surface area contributed by atoms with E-state index < -0.39 is 16.0 Å². The van der Waals surface area contributed by atoms with Crippen LogP contribution in [0, 0.1) is 0 Å². The fourth-order valence-corrected chi connectivity index (χ4v) is 3.03. The smallest absolute Gasteiger partial charge is 0.337 e. The summed E-state index contributed by atoms with van der Waals surface area (Å²) in [7, 11) is -2.24. The van der Waals surface area contributed by atoms with Gasteiger partial charge in [-0.1, -0.05) is 0 Å². The highest BCUT2D eigenvalue weighted by Crippen LogP contribution is 2.19. The number of nitrogens with zero attached hydrogens (tertiary/aromatic N) is 1. The van der Waals surface area contributed by atoms with Crippen LogP contribution in [0.2, 0.25) is 0 Å². The lowest BCUT2D eigenvalue weighted by Crippen LogP contribution is -2.42. The minimum Gasteiger partial charge on any atom is -0.465 e. The molecule has 132 valence electrons. The predicted molar refractivity (Wildman–Crippen MR) is 89.5 cm³/mol. The Morgan fingerprint density at radius 3 is 2.38 bits per heavy atom. The van der Waals surface area contributed by atoms with Crippen molar-refractivity contribution in [2.24, 2.45) is 0 Å². The Kier molecular flexibility index (Phi) is 5.66. The molecule has 1 aromatic carbocycles. The number of carbonyl (C=O) groups is 2. The van der Waals surface area contributed by atoms with Crippen molar-refractivity contribution >= 4 is 27.7 Å². The molecule has 0 bridgehead atoms. The minimum absolute atomic E-state index is 0.0918. The lowest BCUT2D eigenvalue weighted by atomic mass is 10.2. The van der Waals surface area contributed by atoms with Crippen LogP contribution in [0.3, 0.4) is 0 Å². The van der Waals surface area contributed by atoms with Crippen LogP contribution >= 0.6 is 0 Å². The Bertz CT molecular complexity index is 698. The number of benzene rings is 1. The summed E-state index contributed by atoms with van der Waals surface area (Å²) in [6.45, 7) is 0.263. The van der Waals surface area contributed by atoms with Crippen LogP contribution in [0.25, 0.3) is 0 Å². The number of sulfonamides is 1. The molecule has 24 heavy (non-hydrogen) atoms. The van der Waals surface area contributed by atoms with Crippen LogP contribution in [0.15, 0.2) is 24.3 Å². The van der Waals surface area contributed by atoms with E-state index >= 15 is 0 Å². The predicted octanol–water partition coefficient (Wildman–Crippen LogP) is 0.701. The van der Waals surface area contributed by atoms with Gasteiger partial charge < -0.3 is 15.4 Å². The number of esters is 1. The molecule has 0 heterocycles. The number of hydrogen-bond acceptors (Lipinski definition) is 5. The quantitative estimate of drug-likeness (QED) is 0.701. The molecule has 2 amide bonds. The van der Waals surface area contributed by atoms with E-state index in [0.29, 0.717) is 11.3 Å². The van der Waals surface area contributed by atoms with Crippen LogP contribution in [0.4, 0.5) is 10.5 Å². The zero-order valence-corrected chi connectivity index (χ0v) is 14.4. The second kappa shape index (κ2) is 7.52. The molecule has 0 unspecified atom stereocenters. The maximum Gasteiger partial charge on any atom is 0.337 e. The number of rotatable bonds is 7. The molecular weight excluding hydrogens is 334 g/mol. The third kappa shape index (κ3) is 5.12. The molecule has 0 atom stereocenters. The molecule has 2 N–H and O–H groups in total. The Labute approximate surface area is 141 Å². The largest absolute Gasteiger partial charge is 0.465 e. The zero-order valence-electron chi connectivity index (χ0n) is 13.6. The molecule has 0 aromatic heterocycles. The van der Waals surface area contributed by atoms with Crippen molar-refractivity contribution in [3.63, 3.8) is 0 Å². The SMILES string of the molecule is COC(=O)c1ccc(N(CCNC(=O)NC2CC2)S(C)(=O)=O)cc1. The second-order valence-corrected chi connectivity index (χ2v) is 7.45. The van der Waals surface area contributed by atoms with E-state index in [0.717, 1.165) is 19.1 Å². The molecule has 2 rings (SSSR count). The second-order valence-electron chi connectivity index (χ2n) is 5.55. The van der Waals surface area contributed by atoms with Crippen LogP contribution in [0.5, 0.6) is 0 Å². The summed E-state index contributed by atoms with van der Waals surface area (Å²) in [5, 5.41) is 5.40. The summed E-state index contributed by atoms with van der Waals surface area (Å²) in [6.07, 6.45) is 3.05. The number of carbonyl (C=O) groups excluding carboxylic acids is 2. The maximum absolute atomic E-state index is 12.0. The van der Waals surface area contributed by atoms with Gasteiger partial charge in [-0.2, -0.15) is 0 Å². The van der Waals surface area contributed by atoms with E-state index in [9.17, 15) is 18.0 Å². The van der Waals surface area contributed by atoms with Crippen molar-refractivity contribution in [2.45, 2.75) is 18.9 Å². The number of methoxy groups -OCH3 is 1. The van der Waals surface area contributed by atoms with Gasteiger partial charge in [-0.3, -0.25) is 4.31 Å². The first-order chi connectivity index (χ1) is 11.3. The average Bonchev–Trinajstić information content (AvgIpc) is 3.33. The van der Waals surface area contributed by atoms with Crippen molar-refractivity contribution in [2.75, 3.05) is 30.8 Å². The summed E-state index contributed by atoms with van der Waals surface area (Å²) in [5.74, 6) is -0.495. The number of amides is 2. The lowest BCUT2D eigenvalue weighted by Gasteiger charge is -2.22. The van der Waals surface area contributed by atoms with E-state index in [2.05, 4.69) is 15.4 Å². The molecule has 1 aliphatic rings. The Morgan fingerprint density at radius 1 is 1.25 bits per heavy atom. The highest BCUT2D eigenvalue weighted by molar-refractivity contribution is 7.92. The van der Waals surface area contributed by atoms with Gasteiger partial charge in [-0.15, -0.1) is 0 Å². The molecular formula is C15H21N3O5S. The molecule has 1 fully saturated rings. The van der Waals surface area contributed by atoms with Crippen molar-refractivity contribution in [1.29, 1.82) is 0 Å². The van der Waals surface area contributed by atoms with Crippen LogP contribution in [-0.2, 0) is 14.8 Å². The third-order valence-electron chi connectivity index (χ3n) is 3.49. The Balaban J connectivity index is 1.99. The number of ether oxygens (including phenoxy) is 1. The van der Waals surface area contributed by atoms with Gasteiger partial charge in [-0.25, -0.2) is 18.0 Å². The van der Waals surface area contributed by atoms with E-state index in [4.69, 9.17) is 0 Å². The van der Waals surface area contributed by atoms with Gasteiger partial charge in [0.25, 0.3) is 0 Å². The normalized spacial score (nSPS) is 13.9. The van der Waals surface area contributed by atoms with Gasteiger partial charge >= 0.3 is 12.0 Å². The number of nitrogens with one attached hydrogen (secondary N) is 2. The highest BCUT2D eigenvalue weighted by Gasteiger charge is 2.23. The van der Waals surface area contributed by atoms with Gasteiger partial charge in [-0.05, 0) is 37.1 Å². The molecule has 1 aromatic rings. The highest BCUT2D eigenvalue weighted by atomic mass is 32.2. The van der Waals surface area contributed by atoms with Crippen molar-refractivity contribution in [1.82, 2.24) is 10.6 Å². The topological polar surface area (TPSA) is 105 Å². The summed E-state index contributed by atoms with van der Waals surface area (Å²) < 4.78 is 29.7. The fourth-order valence-electron chi connectivity index (χ4n) is 2.10. The van der Waals surface area contributed by atoms with E-state index in [-0.39, 0.29) is 25.2 Å². The summed E-state index contributed by atoms with van der Waals surface area (Å²) in [6, 6.07) is 5.97. The summed E-state index contributed by atoms with van der Waals surface area (Å²) in [4.78, 5) is 23.0. The van der Waals surface area contributed by atoms with E-state index in [1.807, 2.05) is 0 Å². The lowest BCUT2D eigenvalue weighted by molar-refractivity contribution is 0.0600. The van der Waals surface area contributed by atoms with Crippen LogP contribution < -0.4 is 14.9 Å².